The molecule has 0 saturated heterocycles. The van der Waals surface area contributed by atoms with Crippen LogP contribution in [0.2, 0.25) is 0 Å². The molecule has 0 saturated carbocycles. The van der Waals surface area contributed by atoms with Crippen LogP contribution in [0.3, 0.4) is 0 Å². The number of amides is 1. The summed E-state index contributed by atoms with van der Waals surface area (Å²) in [6, 6.07) is -0.642. The molecule has 0 aromatic heterocycles. The van der Waals surface area contributed by atoms with E-state index in [0.717, 1.165) is 64.2 Å². The Balaban J connectivity index is 3.49. The zero-order valence-electron chi connectivity index (χ0n) is 48.4. The van der Waals surface area contributed by atoms with Crippen LogP contribution < -0.4 is 5.32 Å². The van der Waals surface area contributed by atoms with Gasteiger partial charge in [-0.15, -0.1) is 0 Å². The summed E-state index contributed by atoms with van der Waals surface area (Å²) in [5.74, 6) is -0.0932. The summed E-state index contributed by atoms with van der Waals surface area (Å²) in [6.45, 7) is 4.90. The van der Waals surface area contributed by atoms with E-state index in [9.17, 15) is 19.8 Å². The summed E-state index contributed by atoms with van der Waals surface area (Å²) >= 11 is 0. The molecule has 0 spiro atoms. The van der Waals surface area contributed by atoms with Gasteiger partial charge in [0.2, 0.25) is 5.91 Å². The smallest absolute Gasteiger partial charge is 0.305 e. The molecule has 0 aliphatic heterocycles. The summed E-state index contributed by atoms with van der Waals surface area (Å²) in [5.41, 5.74) is 0. The number of carbonyl (C=O) groups excluding carboxylic acids is 2. The van der Waals surface area contributed by atoms with Crippen LogP contribution in [0, 0.1) is 0 Å². The van der Waals surface area contributed by atoms with Crippen LogP contribution in [-0.4, -0.2) is 47.4 Å². The van der Waals surface area contributed by atoms with Crippen molar-refractivity contribution in [2.24, 2.45) is 0 Å². The van der Waals surface area contributed by atoms with Gasteiger partial charge in [-0.3, -0.25) is 9.59 Å². The fourth-order valence-corrected chi connectivity index (χ4v) is 9.92. The maximum Gasteiger partial charge on any atom is 0.305 e. The van der Waals surface area contributed by atoms with E-state index in [2.05, 4.69) is 43.5 Å². The molecule has 2 atom stereocenters. The van der Waals surface area contributed by atoms with Crippen LogP contribution in [0.25, 0.3) is 0 Å². The Morgan fingerprint density at radius 1 is 0.375 bits per heavy atom. The molecule has 72 heavy (non-hydrogen) atoms. The second kappa shape index (κ2) is 61.6. The number of ether oxygens (including phenoxy) is 1. The van der Waals surface area contributed by atoms with E-state index >= 15 is 0 Å². The number of esters is 1. The molecule has 0 aliphatic rings. The quantitative estimate of drug-likeness (QED) is 0.0320. The second-order valence-corrected chi connectivity index (χ2v) is 22.1. The van der Waals surface area contributed by atoms with E-state index in [1.165, 1.54) is 257 Å². The van der Waals surface area contributed by atoms with Crippen LogP contribution in [0.4, 0.5) is 0 Å². The van der Waals surface area contributed by atoms with Gasteiger partial charge in [0, 0.05) is 12.8 Å². The molecule has 0 aromatic rings. The van der Waals surface area contributed by atoms with E-state index in [-0.39, 0.29) is 18.5 Å². The molecule has 3 N–H and O–H groups in total. The highest BCUT2D eigenvalue weighted by molar-refractivity contribution is 5.76. The molecule has 0 aromatic carbocycles. The molecular weight excluding hydrogens is 887 g/mol. The SMILES string of the molecule is CCCCCCCCC/C=C\CCCCCCCC(=O)OCCCCCCCCC/C=C\CCCCCCCC(=O)NC(CO)C(O)/C=C/CCCCCCCCCCCCCCCCCCCCCCC. The van der Waals surface area contributed by atoms with Gasteiger partial charge in [-0.2, -0.15) is 0 Å². The van der Waals surface area contributed by atoms with E-state index in [1.54, 1.807) is 6.08 Å². The van der Waals surface area contributed by atoms with Crippen molar-refractivity contribution in [3.8, 4) is 0 Å². The van der Waals surface area contributed by atoms with Crippen molar-refractivity contribution >= 4 is 11.9 Å². The van der Waals surface area contributed by atoms with E-state index in [0.29, 0.717) is 19.4 Å². The largest absolute Gasteiger partial charge is 0.466 e. The van der Waals surface area contributed by atoms with Crippen molar-refractivity contribution < 1.29 is 24.5 Å². The number of allylic oxidation sites excluding steroid dienone is 5. The highest BCUT2D eigenvalue weighted by Gasteiger charge is 2.18. The van der Waals surface area contributed by atoms with Crippen LogP contribution in [0.1, 0.15) is 348 Å². The number of rotatable bonds is 60. The minimum absolute atomic E-state index is 0.0108. The summed E-state index contributed by atoms with van der Waals surface area (Å²) in [5, 5.41) is 23.2. The first-order valence-corrected chi connectivity index (χ1v) is 32.3. The molecule has 0 bridgehead atoms. The van der Waals surface area contributed by atoms with E-state index in [4.69, 9.17) is 4.74 Å². The minimum atomic E-state index is -0.857. The Labute approximate surface area is 449 Å². The third-order valence-corrected chi connectivity index (χ3v) is 14.9. The first-order chi connectivity index (χ1) is 35.5. The first kappa shape index (κ1) is 70.1. The van der Waals surface area contributed by atoms with Crippen LogP contribution >= 0.6 is 0 Å². The number of unbranched alkanes of at least 4 members (excludes halogenated alkanes) is 45. The molecule has 2 unspecified atom stereocenters. The van der Waals surface area contributed by atoms with Gasteiger partial charge in [-0.25, -0.2) is 0 Å². The lowest BCUT2D eigenvalue weighted by Crippen LogP contribution is -2.45. The molecule has 0 heterocycles. The standard InChI is InChI=1S/C66H125NO5/c1-3-5-7-9-11-13-15-17-19-21-22-23-24-25-26-27-30-34-38-42-46-50-54-58-64(69)63(62-68)67-65(70)59-55-51-47-43-39-35-31-28-29-33-37-41-45-49-53-57-61-72-66(71)60-56-52-48-44-40-36-32-20-18-16-14-12-10-8-6-4-2/h20,28,31-32,54,58,63-64,68-69H,3-19,21-27,29-30,33-53,55-57,59-62H2,1-2H3,(H,67,70)/b31-28-,32-20-,58-54+. The highest BCUT2D eigenvalue weighted by Crippen LogP contribution is 2.17. The predicted octanol–water partition coefficient (Wildman–Crippen LogP) is 20.4. The number of hydrogen-bond donors (Lipinski definition) is 3. The molecule has 0 aliphatic carbocycles. The van der Waals surface area contributed by atoms with Crippen molar-refractivity contribution in [2.75, 3.05) is 13.2 Å². The molecule has 0 fully saturated rings. The van der Waals surface area contributed by atoms with Gasteiger partial charge >= 0.3 is 5.97 Å². The fraction of sp³-hybridized carbons (Fsp3) is 0.879. The maximum atomic E-state index is 12.5. The molecule has 0 rings (SSSR count). The monoisotopic (exact) mass is 1010 g/mol. The number of hydrogen-bond acceptors (Lipinski definition) is 5. The lowest BCUT2D eigenvalue weighted by atomic mass is 10.0. The molecule has 1 amide bonds. The van der Waals surface area contributed by atoms with Gasteiger partial charge in [0.05, 0.1) is 25.4 Å². The Morgan fingerprint density at radius 2 is 0.653 bits per heavy atom. The minimum Gasteiger partial charge on any atom is -0.466 e. The zero-order valence-corrected chi connectivity index (χ0v) is 48.4. The third-order valence-electron chi connectivity index (χ3n) is 14.9. The Bertz CT molecular complexity index is 1170. The Kier molecular flexibility index (Phi) is 60.0. The molecule has 0 radical (unpaired) electrons. The molecule has 424 valence electrons. The van der Waals surface area contributed by atoms with E-state index < -0.39 is 12.1 Å². The molecule has 6 nitrogen and oxygen atoms in total. The summed E-state index contributed by atoms with van der Waals surface area (Å²) in [7, 11) is 0. The number of aliphatic hydroxyl groups excluding tert-OH is 2. The summed E-state index contributed by atoms with van der Waals surface area (Å²) < 4.78 is 5.48. The molecular formula is C66H125NO5. The van der Waals surface area contributed by atoms with Crippen molar-refractivity contribution in [3.05, 3.63) is 36.5 Å². The number of aliphatic hydroxyl groups is 2. The summed E-state index contributed by atoms with van der Waals surface area (Å²) in [4.78, 5) is 24.6. The Hall–Kier alpha value is -1.92. The average Bonchev–Trinajstić information content (AvgIpc) is 3.38. The van der Waals surface area contributed by atoms with Gasteiger partial charge < -0.3 is 20.3 Å². The van der Waals surface area contributed by atoms with Gasteiger partial charge in [-0.1, -0.05) is 288 Å². The van der Waals surface area contributed by atoms with Crippen molar-refractivity contribution in [1.29, 1.82) is 0 Å². The van der Waals surface area contributed by atoms with Gasteiger partial charge in [0.1, 0.15) is 0 Å². The first-order valence-electron chi connectivity index (χ1n) is 32.3. The second-order valence-electron chi connectivity index (χ2n) is 22.1. The van der Waals surface area contributed by atoms with Crippen LogP contribution in [0.5, 0.6) is 0 Å². The lowest BCUT2D eigenvalue weighted by molar-refractivity contribution is -0.143. The maximum absolute atomic E-state index is 12.5. The third kappa shape index (κ3) is 57.4. The van der Waals surface area contributed by atoms with Gasteiger partial charge in [0.15, 0.2) is 0 Å². The highest BCUT2D eigenvalue weighted by atomic mass is 16.5. The predicted molar refractivity (Wildman–Crippen MR) is 315 cm³/mol. The van der Waals surface area contributed by atoms with E-state index in [1.807, 2.05) is 6.08 Å². The van der Waals surface area contributed by atoms with Gasteiger partial charge in [0.25, 0.3) is 0 Å². The number of nitrogens with one attached hydrogen (secondary N) is 1. The zero-order chi connectivity index (χ0) is 52.2. The average molecular weight is 1010 g/mol. The Morgan fingerprint density at radius 3 is 0.986 bits per heavy atom. The lowest BCUT2D eigenvalue weighted by Gasteiger charge is -2.20. The topological polar surface area (TPSA) is 95.9 Å². The van der Waals surface area contributed by atoms with Crippen LogP contribution in [-0.2, 0) is 14.3 Å². The number of carbonyl (C=O) groups is 2. The molecule has 6 heteroatoms. The normalized spacial score (nSPS) is 12.8. The van der Waals surface area contributed by atoms with Crippen LogP contribution in [0.15, 0.2) is 36.5 Å². The fourth-order valence-electron chi connectivity index (χ4n) is 9.92. The summed E-state index contributed by atoms with van der Waals surface area (Å²) in [6.07, 6.45) is 77.6. The van der Waals surface area contributed by atoms with Crippen molar-refractivity contribution in [1.82, 2.24) is 5.32 Å². The van der Waals surface area contributed by atoms with Crippen molar-refractivity contribution in [2.45, 2.75) is 360 Å². The van der Waals surface area contributed by atoms with Crippen molar-refractivity contribution in [3.63, 3.8) is 0 Å². The van der Waals surface area contributed by atoms with Gasteiger partial charge in [-0.05, 0) is 83.5 Å².